The SMILES string of the molecule is O=C(/C=C/c1ccccc1Cl)c1cc(F)cc(F)c1. The molecule has 96 valence electrons. The van der Waals surface area contributed by atoms with Crippen molar-refractivity contribution in [2.24, 2.45) is 0 Å². The van der Waals surface area contributed by atoms with Crippen LogP contribution in [-0.4, -0.2) is 5.78 Å². The summed E-state index contributed by atoms with van der Waals surface area (Å²) in [4.78, 5) is 11.8. The fraction of sp³-hybridized carbons (Fsp3) is 0. The van der Waals surface area contributed by atoms with Crippen LogP contribution in [-0.2, 0) is 0 Å². The lowest BCUT2D eigenvalue weighted by Crippen LogP contribution is -1.96. The Kier molecular flexibility index (Phi) is 4.07. The van der Waals surface area contributed by atoms with Crippen LogP contribution in [0.1, 0.15) is 15.9 Å². The lowest BCUT2D eigenvalue weighted by Gasteiger charge is -1.98. The molecule has 19 heavy (non-hydrogen) atoms. The van der Waals surface area contributed by atoms with Crippen LogP contribution in [0.15, 0.2) is 48.5 Å². The van der Waals surface area contributed by atoms with Crippen LogP contribution in [0.5, 0.6) is 0 Å². The zero-order valence-electron chi connectivity index (χ0n) is 9.74. The van der Waals surface area contributed by atoms with Gasteiger partial charge in [0.25, 0.3) is 0 Å². The van der Waals surface area contributed by atoms with Gasteiger partial charge in [-0.1, -0.05) is 29.8 Å². The second-order valence-corrected chi connectivity index (χ2v) is 4.28. The average molecular weight is 279 g/mol. The number of benzene rings is 2. The Morgan fingerprint density at radius 1 is 1.05 bits per heavy atom. The Bertz CT molecular complexity index is 630. The molecule has 2 aromatic carbocycles. The molecule has 0 aliphatic rings. The number of rotatable bonds is 3. The smallest absolute Gasteiger partial charge is 0.186 e. The molecule has 0 saturated heterocycles. The Morgan fingerprint density at radius 3 is 2.32 bits per heavy atom. The van der Waals surface area contributed by atoms with Crippen molar-refractivity contribution in [1.29, 1.82) is 0 Å². The monoisotopic (exact) mass is 278 g/mol. The summed E-state index contributed by atoms with van der Waals surface area (Å²) < 4.78 is 26.0. The third kappa shape index (κ3) is 3.48. The summed E-state index contributed by atoms with van der Waals surface area (Å²) in [5.74, 6) is -2.05. The zero-order chi connectivity index (χ0) is 13.8. The highest BCUT2D eigenvalue weighted by molar-refractivity contribution is 6.32. The van der Waals surface area contributed by atoms with E-state index in [4.69, 9.17) is 11.6 Å². The first-order chi connectivity index (χ1) is 9.06. The Balaban J connectivity index is 2.24. The van der Waals surface area contributed by atoms with Crippen molar-refractivity contribution in [1.82, 2.24) is 0 Å². The minimum atomic E-state index is -0.783. The molecule has 0 spiro atoms. The zero-order valence-corrected chi connectivity index (χ0v) is 10.5. The van der Waals surface area contributed by atoms with Crippen LogP contribution >= 0.6 is 11.6 Å². The van der Waals surface area contributed by atoms with Crippen LogP contribution in [0.4, 0.5) is 8.78 Å². The fourth-order valence-corrected chi connectivity index (χ4v) is 1.77. The Hall–Kier alpha value is -2.00. The van der Waals surface area contributed by atoms with Gasteiger partial charge in [0.05, 0.1) is 0 Å². The van der Waals surface area contributed by atoms with Gasteiger partial charge in [-0.3, -0.25) is 4.79 Å². The molecular weight excluding hydrogens is 270 g/mol. The van der Waals surface area contributed by atoms with Gasteiger partial charge >= 0.3 is 0 Å². The van der Waals surface area contributed by atoms with E-state index in [-0.39, 0.29) is 5.56 Å². The van der Waals surface area contributed by atoms with Crippen LogP contribution in [0.3, 0.4) is 0 Å². The second-order valence-electron chi connectivity index (χ2n) is 3.88. The van der Waals surface area contributed by atoms with Gasteiger partial charge in [0.1, 0.15) is 11.6 Å². The summed E-state index contributed by atoms with van der Waals surface area (Å²) in [6, 6.07) is 9.66. The maximum Gasteiger partial charge on any atom is 0.186 e. The summed E-state index contributed by atoms with van der Waals surface area (Å²) in [5.41, 5.74) is 0.621. The highest BCUT2D eigenvalue weighted by Gasteiger charge is 2.06. The van der Waals surface area contributed by atoms with Crippen molar-refractivity contribution >= 4 is 23.5 Å². The lowest BCUT2D eigenvalue weighted by atomic mass is 10.1. The normalized spacial score (nSPS) is 10.9. The molecule has 0 aliphatic heterocycles. The van der Waals surface area contributed by atoms with Gasteiger partial charge in [-0.05, 0) is 35.9 Å². The van der Waals surface area contributed by atoms with E-state index in [1.54, 1.807) is 24.3 Å². The Morgan fingerprint density at radius 2 is 1.68 bits per heavy atom. The van der Waals surface area contributed by atoms with E-state index < -0.39 is 17.4 Å². The van der Waals surface area contributed by atoms with Gasteiger partial charge in [-0.25, -0.2) is 8.78 Å². The molecule has 0 saturated carbocycles. The van der Waals surface area contributed by atoms with Crippen molar-refractivity contribution in [3.63, 3.8) is 0 Å². The van der Waals surface area contributed by atoms with Crippen LogP contribution < -0.4 is 0 Å². The standard InChI is InChI=1S/C15H9ClF2O/c16-14-4-2-1-3-10(14)5-6-15(19)11-7-12(17)9-13(18)8-11/h1-9H/b6-5+. The maximum atomic E-state index is 13.0. The van der Waals surface area contributed by atoms with Crippen molar-refractivity contribution in [3.05, 3.63) is 76.3 Å². The van der Waals surface area contributed by atoms with Gasteiger partial charge in [0.15, 0.2) is 5.78 Å². The predicted molar refractivity (Wildman–Crippen MR) is 71.2 cm³/mol. The third-order valence-electron chi connectivity index (χ3n) is 2.47. The first-order valence-corrected chi connectivity index (χ1v) is 5.87. The van der Waals surface area contributed by atoms with Crippen LogP contribution in [0, 0.1) is 11.6 Å². The topological polar surface area (TPSA) is 17.1 Å². The van der Waals surface area contributed by atoms with Gasteiger partial charge in [0.2, 0.25) is 0 Å². The molecule has 4 heteroatoms. The summed E-state index contributed by atoms with van der Waals surface area (Å²) in [6.07, 6.45) is 2.74. The highest BCUT2D eigenvalue weighted by atomic mass is 35.5. The summed E-state index contributed by atoms with van der Waals surface area (Å²) in [5, 5.41) is 0.497. The molecular formula is C15H9ClF2O. The van der Waals surface area contributed by atoms with Crippen molar-refractivity contribution < 1.29 is 13.6 Å². The van der Waals surface area contributed by atoms with E-state index in [1.165, 1.54) is 12.2 Å². The number of carbonyl (C=O) groups is 1. The molecule has 0 aliphatic carbocycles. The first-order valence-electron chi connectivity index (χ1n) is 5.49. The molecule has 2 aromatic rings. The highest BCUT2D eigenvalue weighted by Crippen LogP contribution is 2.17. The molecule has 0 aromatic heterocycles. The van der Waals surface area contributed by atoms with Crippen LogP contribution in [0.2, 0.25) is 5.02 Å². The second kappa shape index (κ2) is 5.76. The van der Waals surface area contributed by atoms with Gasteiger partial charge in [-0.15, -0.1) is 0 Å². The lowest BCUT2D eigenvalue weighted by molar-refractivity contribution is 0.104. The number of halogens is 3. The minimum absolute atomic E-state index is 0.0409. The number of carbonyl (C=O) groups excluding carboxylic acids is 1. The summed E-state index contributed by atoms with van der Waals surface area (Å²) >= 11 is 5.92. The van der Waals surface area contributed by atoms with Crippen LogP contribution in [0.25, 0.3) is 6.08 Å². The van der Waals surface area contributed by atoms with E-state index in [0.29, 0.717) is 16.7 Å². The van der Waals surface area contributed by atoms with Crippen molar-refractivity contribution in [3.8, 4) is 0 Å². The number of ketones is 1. The quantitative estimate of drug-likeness (QED) is 0.596. The molecule has 0 heterocycles. The number of hydrogen-bond donors (Lipinski definition) is 0. The number of allylic oxidation sites excluding steroid dienone is 1. The molecule has 0 N–H and O–H groups in total. The number of hydrogen-bond acceptors (Lipinski definition) is 1. The maximum absolute atomic E-state index is 13.0. The summed E-state index contributed by atoms with van der Waals surface area (Å²) in [6.45, 7) is 0. The largest absolute Gasteiger partial charge is 0.289 e. The minimum Gasteiger partial charge on any atom is -0.289 e. The predicted octanol–water partition coefficient (Wildman–Crippen LogP) is 4.51. The van der Waals surface area contributed by atoms with E-state index in [2.05, 4.69) is 0 Å². The summed E-state index contributed by atoms with van der Waals surface area (Å²) in [7, 11) is 0. The molecule has 0 fully saturated rings. The van der Waals surface area contributed by atoms with E-state index in [9.17, 15) is 13.6 Å². The fourth-order valence-electron chi connectivity index (χ4n) is 1.57. The Labute approximate surface area is 114 Å². The molecule has 0 bridgehead atoms. The average Bonchev–Trinajstić information content (AvgIpc) is 2.36. The van der Waals surface area contributed by atoms with Gasteiger partial charge in [0, 0.05) is 16.7 Å². The molecule has 2 rings (SSSR count). The van der Waals surface area contributed by atoms with Crippen molar-refractivity contribution in [2.75, 3.05) is 0 Å². The van der Waals surface area contributed by atoms with E-state index >= 15 is 0 Å². The molecule has 0 unspecified atom stereocenters. The van der Waals surface area contributed by atoms with Gasteiger partial charge < -0.3 is 0 Å². The molecule has 0 atom stereocenters. The molecule has 0 radical (unpaired) electrons. The third-order valence-corrected chi connectivity index (χ3v) is 2.81. The van der Waals surface area contributed by atoms with E-state index in [0.717, 1.165) is 12.1 Å². The van der Waals surface area contributed by atoms with Crippen molar-refractivity contribution in [2.45, 2.75) is 0 Å². The molecule has 0 amide bonds. The molecule has 1 nitrogen and oxygen atoms in total. The van der Waals surface area contributed by atoms with E-state index in [1.807, 2.05) is 0 Å². The van der Waals surface area contributed by atoms with Gasteiger partial charge in [-0.2, -0.15) is 0 Å². The first kappa shape index (κ1) is 13.4.